The molecule has 1 aliphatic heterocycles. The smallest absolute Gasteiger partial charge is 0.238 e. The maximum Gasteiger partial charge on any atom is 0.238 e. The number of phenolic OH excluding ortho intramolecular Hbond substituents is 1. The first kappa shape index (κ1) is 13.8. The molecule has 3 fully saturated rings. The van der Waals surface area contributed by atoms with Gasteiger partial charge in [0.1, 0.15) is 5.75 Å². The number of carbonyl (C=O) groups is 2. The monoisotopic (exact) mass is 413 g/mol. The average Bonchev–Trinajstić information content (AvgIpc) is 3.06. The lowest BCUT2D eigenvalue weighted by Crippen LogP contribution is -2.37. The van der Waals surface area contributed by atoms with Gasteiger partial charge in [0.05, 0.1) is 17.5 Å². The third-order valence-electron chi connectivity index (χ3n) is 5.11. The quantitative estimate of drug-likeness (QED) is 0.567. The lowest BCUT2D eigenvalue weighted by atomic mass is 9.81. The van der Waals surface area contributed by atoms with Crippen molar-refractivity contribution in [2.45, 2.75) is 16.1 Å². The number of alkyl halides is 2. The van der Waals surface area contributed by atoms with Crippen LogP contribution in [0.25, 0.3) is 0 Å². The van der Waals surface area contributed by atoms with Crippen LogP contribution in [-0.2, 0) is 9.59 Å². The van der Waals surface area contributed by atoms with E-state index in [2.05, 4.69) is 31.9 Å². The number of carbonyl (C=O) groups excluding carboxylic acids is 2. The van der Waals surface area contributed by atoms with Gasteiger partial charge in [0, 0.05) is 9.65 Å². The summed E-state index contributed by atoms with van der Waals surface area (Å²) in [7, 11) is 0. The highest BCUT2D eigenvalue weighted by molar-refractivity contribution is 9.12. The first-order chi connectivity index (χ1) is 10.0. The molecule has 0 spiro atoms. The Labute approximate surface area is 138 Å². The number of amides is 2. The highest BCUT2D eigenvalue weighted by atomic mass is 79.9. The molecule has 1 heterocycles. The van der Waals surface area contributed by atoms with E-state index in [1.54, 1.807) is 18.2 Å². The maximum absolute atomic E-state index is 12.7. The zero-order valence-electron chi connectivity index (χ0n) is 10.9. The van der Waals surface area contributed by atoms with Gasteiger partial charge in [0.15, 0.2) is 0 Å². The number of fused-ring (bicyclic) bond motifs is 5. The Bertz CT molecular complexity index is 618. The van der Waals surface area contributed by atoms with E-state index in [9.17, 15) is 14.7 Å². The van der Waals surface area contributed by atoms with Gasteiger partial charge < -0.3 is 5.11 Å². The van der Waals surface area contributed by atoms with Crippen LogP contribution in [0.1, 0.15) is 6.42 Å². The summed E-state index contributed by atoms with van der Waals surface area (Å²) in [5.74, 6) is -0.475. The molecule has 2 amide bonds. The van der Waals surface area contributed by atoms with E-state index in [0.29, 0.717) is 5.69 Å². The number of phenols is 1. The SMILES string of the molecule is O=C1[C@@H]2[C@@H]3C[C@H]([C@H](Br)[C@@H]3Br)[C@@H]2C(=O)N1c1ccccc1O. The van der Waals surface area contributed by atoms with Crippen molar-refractivity contribution in [1.29, 1.82) is 0 Å². The van der Waals surface area contributed by atoms with Crippen LogP contribution in [0.2, 0.25) is 0 Å². The van der Waals surface area contributed by atoms with Crippen molar-refractivity contribution in [3.63, 3.8) is 0 Å². The molecule has 0 aromatic heterocycles. The standard InChI is InChI=1S/C15H13Br2NO3/c16-12-6-5-7(13(12)17)11-10(6)14(20)18(15(11)21)8-3-1-2-4-9(8)19/h1-4,6-7,10-13,19H,5H2/t6-,7-,10-,11+,12-,13+/m0/s1. The van der Waals surface area contributed by atoms with Crippen molar-refractivity contribution in [1.82, 2.24) is 0 Å². The number of rotatable bonds is 1. The van der Waals surface area contributed by atoms with Gasteiger partial charge in [0.25, 0.3) is 0 Å². The van der Waals surface area contributed by atoms with E-state index in [4.69, 9.17) is 0 Å². The lowest BCUT2D eigenvalue weighted by molar-refractivity contribution is -0.123. The molecular weight excluding hydrogens is 402 g/mol. The van der Waals surface area contributed by atoms with E-state index in [1.807, 2.05) is 0 Å². The zero-order valence-corrected chi connectivity index (χ0v) is 14.1. The molecule has 1 N–H and O–H groups in total. The highest BCUT2D eigenvalue weighted by Crippen LogP contribution is 2.60. The Balaban J connectivity index is 1.77. The summed E-state index contributed by atoms with van der Waals surface area (Å²) in [5.41, 5.74) is 0.304. The first-order valence-electron chi connectivity index (χ1n) is 6.96. The lowest BCUT2D eigenvalue weighted by Gasteiger charge is -2.28. The van der Waals surface area contributed by atoms with Crippen molar-refractivity contribution in [3.05, 3.63) is 24.3 Å². The molecule has 110 valence electrons. The number of aromatic hydroxyl groups is 1. The third kappa shape index (κ3) is 1.66. The van der Waals surface area contributed by atoms with Crippen molar-refractivity contribution in [2.24, 2.45) is 23.7 Å². The average molecular weight is 415 g/mol. The molecule has 2 bridgehead atoms. The molecule has 1 saturated heterocycles. The van der Waals surface area contributed by atoms with Crippen LogP contribution in [0.5, 0.6) is 5.75 Å². The number of benzene rings is 1. The molecule has 4 rings (SSSR count). The molecule has 4 nitrogen and oxygen atoms in total. The molecule has 0 unspecified atom stereocenters. The minimum atomic E-state index is -0.250. The summed E-state index contributed by atoms with van der Waals surface area (Å²) >= 11 is 7.31. The summed E-state index contributed by atoms with van der Waals surface area (Å²) in [5, 5.41) is 9.96. The van der Waals surface area contributed by atoms with Gasteiger partial charge in [-0.05, 0) is 30.4 Å². The minimum absolute atomic E-state index is 0.0303. The molecule has 3 aliphatic rings. The van der Waals surface area contributed by atoms with Gasteiger partial charge in [-0.2, -0.15) is 0 Å². The molecule has 21 heavy (non-hydrogen) atoms. The number of hydrogen-bond donors (Lipinski definition) is 1. The molecule has 6 atom stereocenters. The minimum Gasteiger partial charge on any atom is -0.506 e. The Morgan fingerprint density at radius 2 is 1.52 bits per heavy atom. The molecule has 1 aromatic rings. The summed E-state index contributed by atoms with van der Waals surface area (Å²) in [6.07, 6.45) is 0.910. The molecular formula is C15H13Br2NO3. The summed E-state index contributed by atoms with van der Waals surface area (Å²) < 4.78 is 0. The van der Waals surface area contributed by atoms with Crippen LogP contribution in [-0.4, -0.2) is 26.6 Å². The fraction of sp³-hybridized carbons (Fsp3) is 0.467. The Hall–Kier alpha value is -0.880. The van der Waals surface area contributed by atoms with Gasteiger partial charge in [-0.1, -0.05) is 44.0 Å². The Kier molecular flexibility index (Phi) is 2.99. The molecule has 1 aromatic carbocycles. The Morgan fingerprint density at radius 3 is 2.05 bits per heavy atom. The largest absolute Gasteiger partial charge is 0.506 e. The number of halogens is 2. The number of hydrogen-bond acceptors (Lipinski definition) is 3. The van der Waals surface area contributed by atoms with Crippen molar-refractivity contribution in [3.8, 4) is 5.75 Å². The second-order valence-corrected chi connectivity index (χ2v) is 8.12. The number of anilines is 1. The van der Waals surface area contributed by atoms with Crippen LogP contribution in [0.3, 0.4) is 0 Å². The fourth-order valence-electron chi connectivity index (χ4n) is 4.24. The van der Waals surface area contributed by atoms with Gasteiger partial charge in [-0.25, -0.2) is 4.90 Å². The topological polar surface area (TPSA) is 57.6 Å². The second kappa shape index (κ2) is 4.56. The number of imide groups is 1. The van der Waals surface area contributed by atoms with E-state index in [0.717, 1.165) is 6.42 Å². The Morgan fingerprint density at radius 1 is 1.00 bits per heavy atom. The maximum atomic E-state index is 12.7. The number of para-hydroxylation sites is 2. The summed E-state index contributed by atoms with van der Waals surface area (Å²) in [6.45, 7) is 0. The van der Waals surface area contributed by atoms with Gasteiger partial charge in [0.2, 0.25) is 11.8 Å². The van der Waals surface area contributed by atoms with Gasteiger partial charge in [-0.3, -0.25) is 9.59 Å². The predicted octanol–water partition coefficient (Wildman–Crippen LogP) is 2.67. The zero-order chi connectivity index (χ0) is 14.9. The van der Waals surface area contributed by atoms with E-state index in [-0.39, 0.29) is 50.9 Å². The molecule has 2 aliphatic carbocycles. The van der Waals surface area contributed by atoms with Crippen LogP contribution in [0.4, 0.5) is 5.69 Å². The fourth-order valence-corrected chi connectivity index (χ4v) is 6.11. The van der Waals surface area contributed by atoms with Crippen LogP contribution in [0, 0.1) is 23.7 Å². The summed E-state index contributed by atoms with van der Waals surface area (Å²) in [4.78, 5) is 27.1. The highest BCUT2D eigenvalue weighted by Gasteiger charge is 2.66. The van der Waals surface area contributed by atoms with E-state index >= 15 is 0 Å². The predicted molar refractivity (Wildman–Crippen MR) is 84.6 cm³/mol. The van der Waals surface area contributed by atoms with Crippen molar-refractivity contribution >= 4 is 49.4 Å². The number of nitrogens with zero attached hydrogens (tertiary/aromatic N) is 1. The molecule has 0 radical (unpaired) electrons. The normalized spacial score (nSPS) is 41.0. The summed E-state index contributed by atoms with van der Waals surface area (Å²) in [6, 6.07) is 6.51. The third-order valence-corrected chi connectivity index (χ3v) is 8.32. The van der Waals surface area contributed by atoms with Crippen LogP contribution >= 0.6 is 31.9 Å². The van der Waals surface area contributed by atoms with Crippen LogP contribution < -0.4 is 4.90 Å². The van der Waals surface area contributed by atoms with Crippen LogP contribution in [0.15, 0.2) is 24.3 Å². The van der Waals surface area contributed by atoms with Crippen molar-refractivity contribution < 1.29 is 14.7 Å². The van der Waals surface area contributed by atoms with E-state index < -0.39 is 0 Å². The molecule has 2 saturated carbocycles. The van der Waals surface area contributed by atoms with E-state index in [1.165, 1.54) is 11.0 Å². The van der Waals surface area contributed by atoms with Crippen molar-refractivity contribution in [2.75, 3.05) is 4.90 Å². The first-order valence-corrected chi connectivity index (χ1v) is 8.79. The van der Waals surface area contributed by atoms with Gasteiger partial charge in [-0.15, -0.1) is 0 Å². The van der Waals surface area contributed by atoms with Gasteiger partial charge >= 0.3 is 0 Å². The second-order valence-electron chi connectivity index (χ2n) is 6.00. The molecule has 6 heteroatoms.